The molecule has 3 rings (SSSR count). The van der Waals surface area contributed by atoms with Crippen LogP contribution < -0.4 is 25.8 Å². The van der Waals surface area contributed by atoms with E-state index >= 15 is 0 Å². The zero-order valence-electron chi connectivity index (χ0n) is 26.8. The van der Waals surface area contributed by atoms with Crippen molar-refractivity contribution in [2.45, 2.75) is 52.8 Å². The van der Waals surface area contributed by atoms with Gasteiger partial charge in [0.05, 0.1) is 19.4 Å². The third kappa shape index (κ3) is 10.5. The maximum atomic E-state index is 13.3. The van der Waals surface area contributed by atoms with Gasteiger partial charge >= 0.3 is 12.2 Å². The third-order valence-electron chi connectivity index (χ3n) is 7.16. The Morgan fingerprint density at radius 3 is 2.47 bits per heavy atom. The number of allylic oxidation sites excluding steroid dienone is 3. The zero-order chi connectivity index (χ0) is 33.1. The summed E-state index contributed by atoms with van der Waals surface area (Å²) in [5.74, 6) is 1.80. The number of halogens is 3. The van der Waals surface area contributed by atoms with Crippen molar-refractivity contribution >= 4 is 17.5 Å². The van der Waals surface area contributed by atoms with E-state index in [0.717, 1.165) is 48.8 Å². The molecule has 0 unspecified atom stereocenters. The standard InChI is InChI=1S/C33H43F3N6O3/c1-8-28(44-7)27(19-22(3)33(34,35)36)39-32(43)38-26-15-12-16-29(25-14-11-10-13-24(25)26)45-31-20-23(4)37-30(40-31)21-42(9-2)18-17-41(5)6/h8,10-11,13-14,19-20H,1,9,12,15-18,21H2,2-7H3,(H2,38,39,43)/b22-19+,28-27-. The second-order valence-electron chi connectivity index (χ2n) is 10.9. The van der Waals surface area contributed by atoms with Crippen LogP contribution in [0.1, 0.15) is 44.6 Å². The third-order valence-corrected chi connectivity index (χ3v) is 7.16. The van der Waals surface area contributed by atoms with Gasteiger partial charge in [-0.3, -0.25) is 4.90 Å². The van der Waals surface area contributed by atoms with E-state index in [4.69, 9.17) is 14.5 Å². The minimum absolute atomic E-state index is 0.0108. The van der Waals surface area contributed by atoms with E-state index < -0.39 is 17.8 Å². The first-order chi connectivity index (χ1) is 21.3. The van der Waals surface area contributed by atoms with Crippen molar-refractivity contribution in [1.82, 2.24) is 30.4 Å². The summed E-state index contributed by atoms with van der Waals surface area (Å²) in [4.78, 5) is 26.9. The highest BCUT2D eigenvalue weighted by atomic mass is 19.4. The number of benzene rings is 1. The van der Waals surface area contributed by atoms with Crippen LogP contribution in [0.25, 0.3) is 11.5 Å². The first-order valence-electron chi connectivity index (χ1n) is 14.8. The van der Waals surface area contributed by atoms with Crippen molar-refractivity contribution < 1.29 is 27.4 Å². The maximum Gasteiger partial charge on any atom is 0.412 e. The number of likely N-dealkylation sites (N-methyl/N-ethyl adjacent to an activating group) is 2. The van der Waals surface area contributed by atoms with E-state index in [-0.39, 0.29) is 11.5 Å². The van der Waals surface area contributed by atoms with Gasteiger partial charge in [0, 0.05) is 53.0 Å². The zero-order valence-corrected chi connectivity index (χ0v) is 26.8. The van der Waals surface area contributed by atoms with Crippen LogP contribution in [0.3, 0.4) is 0 Å². The highest BCUT2D eigenvalue weighted by Crippen LogP contribution is 2.26. The molecule has 2 aromatic rings. The monoisotopic (exact) mass is 628 g/mol. The molecule has 0 saturated carbocycles. The van der Waals surface area contributed by atoms with Crippen LogP contribution in [0.15, 0.2) is 66.1 Å². The Kier molecular flexibility index (Phi) is 12.7. The van der Waals surface area contributed by atoms with Crippen LogP contribution in [-0.4, -0.2) is 72.8 Å². The van der Waals surface area contributed by atoms with Gasteiger partial charge in [-0.15, -0.1) is 0 Å². The highest BCUT2D eigenvalue weighted by molar-refractivity contribution is 5.83. The number of carbonyl (C=O) groups excluding carboxylic acids is 1. The number of methoxy groups -OCH3 is 1. The molecule has 1 aromatic heterocycles. The van der Waals surface area contributed by atoms with E-state index in [1.54, 1.807) is 6.07 Å². The molecule has 0 fully saturated rings. The quantitative estimate of drug-likeness (QED) is 0.249. The van der Waals surface area contributed by atoms with Gasteiger partial charge in [-0.2, -0.15) is 18.2 Å². The molecule has 2 N–H and O–H groups in total. The summed E-state index contributed by atoms with van der Waals surface area (Å²) in [6.45, 7) is 11.8. The lowest BCUT2D eigenvalue weighted by molar-refractivity contribution is -0.0914. The lowest BCUT2D eigenvalue weighted by atomic mass is 10.2. The molecule has 0 bridgehead atoms. The number of carbonyl (C=O) groups is 1. The van der Waals surface area contributed by atoms with Crippen molar-refractivity contribution in [3.63, 3.8) is 0 Å². The first kappa shape index (κ1) is 35.3. The fourth-order valence-electron chi connectivity index (χ4n) is 4.72. The number of amides is 2. The molecule has 244 valence electrons. The molecule has 0 atom stereocenters. The van der Waals surface area contributed by atoms with E-state index in [1.807, 2.05) is 45.3 Å². The molecule has 2 amide bonds. The maximum absolute atomic E-state index is 13.3. The number of rotatable bonds is 13. The fourth-order valence-corrected chi connectivity index (χ4v) is 4.72. The first-order valence-corrected chi connectivity index (χ1v) is 14.8. The minimum Gasteiger partial charge on any atom is -0.495 e. The molecule has 1 aliphatic rings. The van der Waals surface area contributed by atoms with E-state index in [1.165, 1.54) is 13.2 Å². The number of aryl methyl sites for hydroxylation is 1. The van der Waals surface area contributed by atoms with Crippen molar-refractivity contribution in [2.24, 2.45) is 0 Å². The summed E-state index contributed by atoms with van der Waals surface area (Å²) in [6, 6.07) is 8.59. The molecular weight excluding hydrogens is 585 g/mol. The Morgan fingerprint density at radius 1 is 1.13 bits per heavy atom. The van der Waals surface area contributed by atoms with Gasteiger partial charge in [0.1, 0.15) is 17.3 Å². The number of ether oxygens (including phenoxy) is 2. The number of nitrogens with one attached hydrogen (secondary N) is 2. The number of aromatic nitrogens is 2. The van der Waals surface area contributed by atoms with E-state index in [2.05, 4.69) is 38.9 Å². The lowest BCUT2D eigenvalue weighted by Crippen LogP contribution is -2.39. The Hall–Kier alpha value is -4.16. The summed E-state index contributed by atoms with van der Waals surface area (Å²) in [5.41, 5.74) is 0.322. The smallest absolute Gasteiger partial charge is 0.412 e. The van der Waals surface area contributed by atoms with Crippen molar-refractivity contribution in [3.8, 4) is 5.88 Å². The molecule has 0 radical (unpaired) electrons. The topological polar surface area (TPSA) is 91.8 Å². The number of hydrogen-bond donors (Lipinski definition) is 2. The van der Waals surface area contributed by atoms with Gasteiger partial charge in [0.2, 0.25) is 5.88 Å². The van der Waals surface area contributed by atoms with Crippen LogP contribution in [0.5, 0.6) is 5.88 Å². The van der Waals surface area contributed by atoms with Gasteiger partial charge in [-0.25, -0.2) is 9.78 Å². The van der Waals surface area contributed by atoms with Crippen LogP contribution in [0, 0.1) is 6.92 Å². The molecule has 1 aromatic carbocycles. The molecular formula is C33H43F3N6O3. The largest absolute Gasteiger partial charge is 0.495 e. The molecule has 0 saturated heterocycles. The predicted octanol–water partition coefficient (Wildman–Crippen LogP) is 4.50. The molecule has 1 aliphatic carbocycles. The second-order valence-corrected chi connectivity index (χ2v) is 10.9. The summed E-state index contributed by atoms with van der Waals surface area (Å²) in [6.07, 6.45) is -0.809. The van der Waals surface area contributed by atoms with Gasteiger partial charge in [0.25, 0.3) is 0 Å². The predicted molar refractivity (Wildman–Crippen MR) is 169 cm³/mol. The van der Waals surface area contributed by atoms with Crippen LogP contribution in [0.2, 0.25) is 0 Å². The van der Waals surface area contributed by atoms with Gasteiger partial charge < -0.3 is 25.0 Å². The number of nitrogens with zero attached hydrogens (tertiary/aromatic N) is 4. The highest BCUT2D eigenvalue weighted by Gasteiger charge is 2.30. The van der Waals surface area contributed by atoms with Crippen LogP contribution >= 0.6 is 0 Å². The Morgan fingerprint density at radius 2 is 1.84 bits per heavy atom. The molecule has 0 aliphatic heterocycles. The minimum atomic E-state index is -4.57. The summed E-state index contributed by atoms with van der Waals surface area (Å²) in [7, 11) is 5.37. The summed E-state index contributed by atoms with van der Waals surface area (Å²) >= 11 is 0. The second kappa shape index (κ2) is 16.2. The van der Waals surface area contributed by atoms with Crippen molar-refractivity contribution in [3.05, 3.63) is 88.0 Å². The van der Waals surface area contributed by atoms with Gasteiger partial charge in [-0.05, 0) is 59.5 Å². The Labute approximate surface area is 262 Å². The van der Waals surface area contributed by atoms with Crippen LogP contribution in [0.4, 0.5) is 18.0 Å². The lowest BCUT2D eigenvalue weighted by Gasteiger charge is -2.22. The molecule has 0 spiro atoms. The SMILES string of the molecule is C=C/C(OC)=C(\C=C(/C)C(F)(F)F)NC(=O)NC1=c2ccccc2=C(Oc2cc(C)nc(CN(CC)CCN(C)C)n2)CCC1. The molecule has 1 heterocycles. The average molecular weight is 629 g/mol. The van der Waals surface area contributed by atoms with Crippen molar-refractivity contribution in [2.75, 3.05) is 40.8 Å². The number of fused-ring (bicyclic) bond motifs is 1. The summed E-state index contributed by atoms with van der Waals surface area (Å²) < 4.78 is 51.3. The van der Waals surface area contributed by atoms with Gasteiger partial charge in [-0.1, -0.05) is 37.8 Å². The number of urea groups is 1. The normalized spacial score (nSPS) is 14.5. The van der Waals surface area contributed by atoms with Crippen molar-refractivity contribution in [1.29, 1.82) is 0 Å². The molecule has 45 heavy (non-hydrogen) atoms. The number of alkyl halides is 3. The van der Waals surface area contributed by atoms with E-state index in [0.29, 0.717) is 49.0 Å². The Bertz CT molecular complexity index is 1550. The fraction of sp³-hybridized carbons (Fsp3) is 0.424. The average Bonchev–Trinajstić information content (AvgIpc) is 3.14. The van der Waals surface area contributed by atoms with E-state index in [9.17, 15) is 18.0 Å². The number of hydrogen-bond acceptors (Lipinski definition) is 7. The van der Waals surface area contributed by atoms with Crippen LogP contribution in [-0.2, 0) is 11.3 Å². The molecule has 9 nitrogen and oxygen atoms in total. The molecule has 12 heteroatoms. The van der Waals surface area contributed by atoms with Gasteiger partial charge in [0.15, 0.2) is 0 Å². The Balaban J connectivity index is 1.94. The summed E-state index contributed by atoms with van der Waals surface area (Å²) in [5, 5.41) is 6.87.